The molecule has 0 aliphatic carbocycles. The number of hydrogen-bond acceptors (Lipinski definition) is 3. The van der Waals surface area contributed by atoms with Gasteiger partial charge in [-0.15, -0.1) is 12.4 Å². The summed E-state index contributed by atoms with van der Waals surface area (Å²) < 4.78 is 0. The van der Waals surface area contributed by atoms with Crippen molar-refractivity contribution in [3.8, 4) is 0 Å². The van der Waals surface area contributed by atoms with Crippen molar-refractivity contribution in [2.24, 2.45) is 11.7 Å². The van der Waals surface area contributed by atoms with Gasteiger partial charge < -0.3 is 16.4 Å². The summed E-state index contributed by atoms with van der Waals surface area (Å²) in [6.07, 6.45) is 2.12. The molecule has 7 heteroatoms. The Kier molecular flexibility index (Phi) is 10.6. The van der Waals surface area contributed by atoms with Crippen LogP contribution in [0.15, 0.2) is 18.2 Å². The number of carbonyl (C=O) groups excluding carboxylic acids is 2. The van der Waals surface area contributed by atoms with E-state index >= 15 is 0 Å². The number of carbonyl (C=O) groups is 2. The number of hydrogen-bond donors (Lipinski definition) is 3. The van der Waals surface area contributed by atoms with Crippen molar-refractivity contribution >= 4 is 41.5 Å². The van der Waals surface area contributed by atoms with Gasteiger partial charge in [0.25, 0.3) is 5.91 Å². The quantitative estimate of drug-likeness (QED) is 0.621. The van der Waals surface area contributed by atoms with Gasteiger partial charge in [0.2, 0.25) is 5.91 Å². The normalized spacial score (nSPS) is 10.1. The van der Waals surface area contributed by atoms with Crippen LogP contribution in [0.3, 0.4) is 0 Å². The fourth-order valence-electron chi connectivity index (χ4n) is 1.93. The molecule has 0 unspecified atom stereocenters. The van der Waals surface area contributed by atoms with Crippen molar-refractivity contribution in [1.29, 1.82) is 0 Å². The summed E-state index contributed by atoms with van der Waals surface area (Å²) in [6.45, 7) is 5.10. The molecule has 0 atom stereocenters. The summed E-state index contributed by atoms with van der Waals surface area (Å²) in [5, 5.41) is 5.93. The summed E-state index contributed by atoms with van der Waals surface area (Å²) in [6, 6.07) is 4.89. The first kappa shape index (κ1) is 21.7. The van der Waals surface area contributed by atoms with E-state index in [0.717, 1.165) is 12.8 Å². The van der Waals surface area contributed by atoms with Crippen molar-refractivity contribution in [2.75, 3.05) is 18.4 Å². The van der Waals surface area contributed by atoms with Crippen LogP contribution in [0.1, 0.15) is 43.5 Å². The van der Waals surface area contributed by atoms with Gasteiger partial charge in [0.1, 0.15) is 0 Å². The molecule has 130 valence electrons. The second kappa shape index (κ2) is 11.3. The maximum atomic E-state index is 12.1. The predicted octanol–water partition coefficient (Wildman–Crippen LogP) is 3.22. The average Bonchev–Trinajstić information content (AvgIpc) is 2.44. The third-order valence-corrected chi connectivity index (χ3v) is 3.33. The Labute approximate surface area is 148 Å². The van der Waals surface area contributed by atoms with Gasteiger partial charge in [0.05, 0.1) is 10.6 Å². The minimum atomic E-state index is -0.248. The molecule has 0 saturated heterocycles. The van der Waals surface area contributed by atoms with Crippen LogP contribution >= 0.6 is 24.0 Å². The molecule has 2 amide bonds. The van der Waals surface area contributed by atoms with E-state index in [1.807, 2.05) is 13.8 Å². The number of rotatable bonds is 8. The Balaban J connectivity index is 0.00000484. The number of unbranched alkanes of at least 4 members (excludes halogenated alkanes) is 1. The molecular weight excluding hydrogens is 337 g/mol. The zero-order chi connectivity index (χ0) is 16.5. The molecule has 1 aromatic carbocycles. The molecule has 0 aliphatic heterocycles. The maximum Gasteiger partial charge on any atom is 0.252 e. The van der Waals surface area contributed by atoms with Crippen LogP contribution < -0.4 is 16.4 Å². The largest absolute Gasteiger partial charge is 0.352 e. The first-order chi connectivity index (χ1) is 10.4. The first-order valence-corrected chi connectivity index (χ1v) is 7.89. The zero-order valence-electron chi connectivity index (χ0n) is 13.5. The Morgan fingerprint density at radius 3 is 2.57 bits per heavy atom. The second-order valence-corrected chi connectivity index (χ2v) is 6.00. The molecule has 0 aliphatic rings. The number of nitrogens with two attached hydrogens (primary N) is 1. The van der Waals surface area contributed by atoms with Gasteiger partial charge in [-0.05, 0) is 43.5 Å². The van der Waals surface area contributed by atoms with Crippen molar-refractivity contribution in [2.45, 2.75) is 33.1 Å². The van der Waals surface area contributed by atoms with Crippen molar-refractivity contribution < 1.29 is 9.59 Å². The van der Waals surface area contributed by atoms with Gasteiger partial charge in [0, 0.05) is 18.7 Å². The van der Waals surface area contributed by atoms with Crippen LogP contribution in [-0.2, 0) is 4.79 Å². The van der Waals surface area contributed by atoms with Crippen LogP contribution in [0.4, 0.5) is 5.69 Å². The Bertz CT molecular complexity index is 522. The van der Waals surface area contributed by atoms with E-state index in [1.54, 1.807) is 18.2 Å². The minimum absolute atomic E-state index is 0. The topological polar surface area (TPSA) is 84.2 Å². The zero-order valence-corrected chi connectivity index (χ0v) is 15.1. The van der Waals surface area contributed by atoms with Gasteiger partial charge in [0.15, 0.2) is 0 Å². The molecule has 5 nitrogen and oxygen atoms in total. The number of amides is 2. The molecule has 1 rings (SSSR count). The highest BCUT2D eigenvalue weighted by Gasteiger charge is 2.12. The SMILES string of the molecule is CC(C)CC(=O)Nc1ccc(Cl)c(C(=O)NCCCCN)c1.Cl. The monoisotopic (exact) mass is 361 g/mol. The average molecular weight is 362 g/mol. The molecule has 1 aromatic rings. The highest BCUT2D eigenvalue weighted by Crippen LogP contribution is 2.21. The van der Waals surface area contributed by atoms with E-state index in [4.69, 9.17) is 17.3 Å². The second-order valence-electron chi connectivity index (χ2n) is 5.59. The lowest BCUT2D eigenvalue weighted by atomic mass is 10.1. The fraction of sp³-hybridized carbons (Fsp3) is 0.500. The smallest absolute Gasteiger partial charge is 0.252 e. The predicted molar refractivity (Wildman–Crippen MR) is 97.4 cm³/mol. The number of anilines is 1. The van der Waals surface area contributed by atoms with Crippen LogP contribution in [0, 0.1) is 5.92 Å². The molecule has 0 fully saturated rings. The van der Waals surface area contributed by atoms with Crippen molar-refractivity contribution in [3.63, 3.8) is 0 Å². The molecular formula is C16H25Cl2N3O2. The lowest BCUT2D eigenvalue weighted by Crippen LogP contribution is -2.25. The number of nitrogens with one attached hydrogen (secondary N) is 2. The van der Waals surface area contributed by atoms with E-state index in [2.05, 4.69) is 10.6 Å². The molecule has 0 aromatic heterocycles. The van der Waals surface area contributed by atoms with Gasteiger partial charge in [-0.25, -0.2) is 0 Å². The van der Waals surface area contributed by atoms with Gasteiger partial charge in [-0.2, -0.15) is 0 Å². The number of halogens is 2. The minimum Gasteiger partial charge on any atom is -0.352 e. The van der Waals surface area contributed by atoms with Gasteiger partial charge in [-0.1, -0.05) is 25.4 Å². The Morgan fingerprint density at radius 1 is 1.26 bits per heavy atom. The van der Waals surface area contributed by atoms with E-state index in [1.165, 1.54) is 0 Å². The lowest BCUT2D eigenvalue weighted by molar-refractivity contribution is -0.116. The highest BCUT2D eigenvalue weighted by molar-refractivity contribution is 6.34. The van der Waals surface area contributed by atoms with E-state index in [9.17, 15) is 9.59 Å². The number of benzene rings is 1. The fourth-order valence-corrected chi connectivity index (χ4v) is 2.13. The summed E-state index contributed by atoms with van der Waals surface area (Å²) in [5.41, 5.74) is 6.34. The highest BCUT2D eigenvalue weighted by atomic mass is 35.5. The lowest BCUT2D eigenvalue weighted by Gasteiger charge is -2.11. The van der Waals surface area contributed by atoms with E-state index < -0.39 is 0 Å². The molecule has 23 heavy (non-hydrogen) atoms. The third kappa shape index (κ3) is 8.21. The first-order valence-electron chi connectivity index (χ1n) is 7.51. The van der Waals surface area contributed by atoms with Crippen LogP contribution in [0.2, 0.25) is 5.02 Å². The molecule has 0 radical (unpaired) electrons. The summed E-state index contributed by atoms with van der Waals surface area (Å²) in [5.74, 6) is -0.0498. The van der Waals surface area contributed by atoms with Gasteiger partial charge in [-0.3, -0.25) is 9.59 Å². The molecule has 4 N–H and O–H groups in total. The molecule has 0 heterocycles. The molecule has 0 spiro atoms. The Hall–Kier alpha value is -1.30. The summed E-state index contributed by atoms with van der Waals surface area (Å²) in [4.78, 5) is 23.9. The van der Waals surface area contributed by atoms with Crippen LogP contribution in [-0.4, -0.2) is 24.9 Å². The molecule has 0 saturated carbocycles. The van der Waals surface area contributed by atoms with Crippen LogP contribution in [0.5, 0.6) is 0 Å². The van der Waals surface area contributed by atoms with Gasteiger partial charge >= 0.3 is 0 Å². The third-order valence-electron chi connectivity index (χ3n) is 3.00. The van der Waals surface area contributed by atoms with Crippen molar-refractivity contribution in [1.82, 2.24) is 5.32 Å². The summed E-state index contributed by atoms with van der Waals surface area (Å²) >= 11 is 6.06. The summed E-state index contributed by atoms with van der Waals surface area (Å²) in [7, 11) is 0. The molecule has 0 bridgehead atoms. The standard InChI is InChI=1S/C16H24ClN3O2.ClH/c1-11(2)9-15(21)20-12-5-6-14(17)13(10-12)16(22)19-8-4-3-7-18;/h5-6,10-11H,3-4,7-9,18H2,1-2H3,(H,19,22)(H,20,21);1H. The maximum absolute atomic E-state index is 12.1. The van der Waals surface area contributed by atoms with E-state index in [0.29, 0.717) is 35.8 Å². The Morgan fingerprint density at radius 2 is 1.96 bits per heavy atom. The van der Waals surface area contributed by atoms with E-state index in [-0.39, 0.29) is 30.1 Å². The van der Waals surface area contributed by atoms with Crippen molar-refractivity contribution in [3.05, 3.63) is 28.8 Å². The van der Waals surface area contributed by atoms with Crippen LogP contribution in [0.25, 0.3) is 0 Å².